The van der Waals surface area contributed by atoms with Gasteiger partial charge in [-0.2, -0.15) is 0 Å². The molecule has 104 valence electrons. The molecule has 3 nitrogen and oxygen atoms in total. The van der Waals surface area contributed by atoms with Gasteiger partial charge in [-0.05, 0) is 47.7 Å². The predicted molar refractivity (Wildman–Crippen MR) is 81.6 cm³/mol. The molecule has 1 amide bonds. The first-order chi connectivity index (χ1) is 9.72. The van der Waals surface area contributed by atoms with E-state index in [0.29, 0.717) is 13.1 Å². The number of carbonyl (C=O) groups is 1. The third-order valence-corrected chi connectivity index (χ3v) is 4.48. The average Bonchev–Trinajstić information content (AvgIpc) is 2.46. The van der Waals surface area contributed by atoms with E-state index < -0.39 is 0 Å². The average molecular weight is 268 g/mol. The maximum absolute atomic E-state index is 12.2. The summed E-state index contributed by atoms with van der Waals surface area (Å²) in [4.78, 5) is 12.2. The van der Waals surface area contributed by atoms with Gasteiger partial charge in [0.1, 0.15) is 0 Å². The standard InChI is InChI=1S/C17H20N2O/c18-11-17(8-3-9-17)12-19-16(20)15-7-6-13-4-1-2-5-14(13)10-15/h1-2,4-7,10H,3,8-9,11-12,18H2,(H,19,20). The quantitative estimate of drug-likeness (QED) is 0.895. The van der Waals surface area contributed by atoms with Gasteiger partial charge in [0, 0.05) is 12.1 Å². The molecule has 0 spiro atoms. The van der Waals surface area contributed by atoms with Crippen LogP contribution in [-0.2, 0) is 0 Å². The zero-order valence-corrected chi connectivity index (χ0v) is 11.6. The number of nitrogens with one attached hydrogen (secondary N) is 1. The number of nitrogens with two attached hydrogens (primary N) is 1. The van der Waals surface area contributed by atoms with E-state index in [2.05, 4.69) is 11.4 Å². The van der Waals surface area contributed by atoms with E-state index in [1.54, 1.807) is 0 Å². The molecule has 3 rings (SSSR count). The lowest BCUT2D eigenvalue weighted by Crippen LogP contribution is -2.46. The maximum Gasteiger partial charge on any atom is 0.251 e. The number of hydrogen-bond donors (Lipinski definition) is 2. The second-order valence-corrected chi connectivity index (χ2v) is 5.80. The first-order valence-electron chi connectivity index (χ1n) is 7.20. The Hall–Kier alpha value is -1.87. The molecule has 0 unspecified atom stereocenters. The molecular weight excluding hydrogens is 248 g/mol. The van der Waals surface area contributed by atoms with Gasteiger partial charge in [-0.3, -0.25) is 4.79 Å². The zero-order chi connectivity index (χ0) is 14.0. The Morgan fingerprint density at radius 3 is 2.55 bits per heavy atom. The van der Waals surface area contributed by atoms with E-state index in [4.69, 9.17) is 5.73 Å². The molecule has 0 aliphatic heterocycles. The number of hydrogen-bond acceptors (Lipinski definition) is 2. The molecule has 2 aromatic carbocycles. The molecule has 0 heterocycles. The molecule has 0 bridgehead atoms. The second kappa shape index (κ2) is 5.25. The van der Waals surface area contributed by atoms with E-state index in [9.17, 15) is 4.79 Å². The second-order valence-electron chi connectivity index (χ2n) is 5.80. The Morgan fingerprint density at radius 2 is 1.90 bits per heavy atom. The molecule has 0 saturated heterocycles. The van der Waals surface area contributed by atoms with Crippen LogP contribution in [0, 0.1) is 5.41 Å². The minimum atomic E-state index is -0.00419. The fourth-order valence-electron chi connectivity index (χ4n) is 2.83. The lowest BCUT2D eigenvalue weighted by Gasteiger charge is -2.41. The van der Waals surface area contributed by atoms with Crippen molar-refractivity contribution < 1.29 is 4.79 Å². The van der Waals surface area contributed by atoms with E-state index >= 15 is 0 Å². The molecule has 1 fully saturated rings. The lowest BCUT2D eigenvalue weighted by molar-refractivity contribution is 0.0876. The van der Waals surface area contributed by atoms with Crippen LogP contribution in [0.4, 0.5) is 0 Å². The summed E-state index contributed by atoms with van der Waals surface area (Å²) in [6, 6.07) is 13.9. The molecule has 3 heteroatoms. The minimum absolute atomic E-state index is 0.00419. The maximum atomic E-state index is 12.2. The van der Waals surface area contributed by atoms with Crippen LogP contribution in [0.3, 0.4) is 0 Å². The Balaban J connectivity index is 1.72. The molecule has 1 aliphatic carbocycles. The highest BCUT2D eigenvalue weighted by Gasteiger charge is 2.35. The van der Waals surface area contributed by atoms with Crippen LogP contribution in [0.5, 0.6) is 0 Å². The summed E-state index contributed by atoms with van der Waals surface area (Å²) in [6.07, 6.45) is 3.48. The third-order valence-electron chi connectivity index (χ3n) is 4.48. The van der Waals surface area contributed by atoms with Crippen molar-refractivity contribution in [3.8, 4) is 0 Å². The van der Waals surface area contributed by atoms with Crippen LogP contribution in [0.2, 0.25) is 0 Å². The number of amides is 1. The summed E-state index contributed by atoms with van der Waals surface area (Å²) in [6.45, 7) is 1.35. The van der Waals surface area contributed by atoms with Gasteiger partial charge in [-0.15, -0.1) is 0 Å². The lowest BCUT2D eigenvalue weighted by atomic mass is 9.69. The van der Waals surface area contributed by atoms with Crippen molar-refractivity contribution in [1.29, 1.82) is 0 Å². The van der Waals surface area contributed by atoms with Gasteiger partial charge in [0.15, 0.2) is 0 Å². The van der Waals surface area contributed by atoms with Crippen LogP contribution in [0.1, 0.15) is 29.6 Å². The van der Waals surface area contributed by atoms with E-state index in [-0.39, 0.29) is 11.3 Å². The highest BCUT2D eigenvalue weighted by molar-refractivity contribution is 5.98. The van der Waals surface area contributed by atoms with Gasteiger partial charge in [-0.25, -0.2) is 0 Å². The van der Waals surface area contributed by atoms with Gasteiger partial charge in [0.2, 0.25) is 0 Å². The molecule has 0 atom stereocenters. The van der Waals surface area contributed by atoms with Gasteiger partial charge in [0.25, 0.3) is 5.91 Å². The monoisotopic (exact) mass is 268 g/mol. The number of carbonyl (C=O) groups excluding carboxylic acids is 1. The van der Waals surface area contributed by atoms with E-state index in [1.807, 2.05) is 36.4 Å². The van der Waals surface area contributed by atoms with Crippen LogP contribution in [-0.4, -0.2) is 19.0 Å². The summed E-state index contributed by atoms with van der Waals surface area (Å²) < 4.78 is 0. The summed E-state index contributed by atoms with van der Waals surface area (Å²) >= 11 is 0. The smallest absolute Gasteiger partial charge is 0.251 e. The van der Waals surface area contributed by atoms with Gasteiger partial charge < -0.3 is 11.1 Å². The zero-order valence-electron chi connectivity index (χ0n) is 11.6. The van der Waals surface area contributed by atoms with Crippen molar-refractivity contribution in [2.75, 3.05) is 13.1 Å². The molecule has 0 radical (unpaired) electrons. The fraction of sp³-hybridized carbons (Fsp3) is 0.353. The number of fused-ring (bicyclic) bond motifs is 1. The Kier molecular flexibility index (Phi) is 3.45. The first kappa shape index (κ1) is 13.1. The number of rotatable bonds is 4. The van der Waals surface area contributed by atoms with Crippen molar-refractivity contribution in [1.82, 2.24) is 5.32 Å². The molecule has 0 aromatic heterocycles. The summed E-state index contributed by atoms with van der Waals surface area (Å²) in [5.74, 6) is -0.00419. The molecule has 3 N–H and O–H groups in total. The van der Waals surface area contributed by atoms with Crippen LogP contribution in [0.15, 0.2) is 42.5 Å². The number of benzene rings is 2. The van der Waals surface area contributed by atoms with Crippen molar-refractivity contribution >= 4 is 16.7 Å². The van der Waals surface area contributed by atoms with Gasteiger partial charge in [-0.1, -0.05) is 36.8 Å². The van der Waals surface area contributed by atoms with Gasteiger partial charge >= 0.3 is 0 Å². The highest BCUT2D eigenvalue weighted by atomic mass is 16.1. The van der Waals surface area contributed by atoms with Crippen molar-refractivity contribution in [2.24, 2.45) is 11.1 Å². The molecule has 20 heavy (non-hydrogen) atoms. The molecule has 2 aromatic rings. The Labute approximate surface area is 119 Å². The first-order valence-corrected chi connectivity index (χ1v) is 7.20. The summed E-state index contributed by atoms with van der Waals surface area (Å²) in [5.41, 5.74) is 6.68. The predicted octanol–water partition coefficient (Wildman–Crippen LogP) is 2.70. The van der Waals surface area contributed by atoms with Crippen LogP contribution >= 0.6 is 0 Å². The summed E-state index contributed by atoms with van der Waals surface area (Å²) in [7, 11) is 0. The van der Waals surface area contributed by atoms with Crippen molar-refractivity contribution in [3.05, 3.63) is 48.0 Å². The minimum Gasteiger partial charge on any atom is -0.351 e. The molecular formula is C17H20N2O. The highest BCUT2D eigenvalue weighted by Crippen LogP contribution is 2.39. The summed E-state index contributed by atoms with van der Waals surface area (Å²) in [5, 5.41) is 5.29. The SMILES string of the molecule is NCC1(CNC(=O)c2ccc3ccccc3c2)CCC1. The van der Waals surface area contributed by atoms with E-state index in [1.165, 1.54) is 6.42 Å². The van der Waals surface area contributed by atoms with Gasteiger partial charge in [0.05, 0.1) is 0 Å². The molecule has 1 saturated carbocycles. The fourth-order valence-corrected chi connectivity index (χ4v) is 2.83. The Bertz CT molecular complexity index is 626. The van der Waals surface area contributed by atoms with Crippen molar-refractivity contribution in [2.45, 2.75) is 19.3 Å². The topological polar surface area (TPSA) is 55.1 Å². The Morgan fingerprint density at radius 1 is 1.15 bits per heavy atom. The molecule has 1 aliphatic rings. The van der Waals surface area contributed by atoms with Crippen molar-refractivity contribution in [3.63, 3.8) is 0 Å². The van der Waals surface area contributed by atoms with Crippen LogP contribution < -0.4 is 11.1 Å². The van der Waals surface area contributed by atoms with Crippen LogP contribution in [0.25, 0.3) is 10.8 Å². The van der Waals surface area contributed by atoms with E-state index in [0.717, 1.165) is 29.2 Å². The largest absolute Gasteiger partial charge is 0.351 e. The normalized spacial score (nSPS) is 16.6. The third kappa shape index (κ3) is 2.41.